The van der Waals surface area contributed by atoms with E-state index in [2.05, 4.69) is 15.5 Å². The third-order valence-corrected chi connectivity index (χ3v) is 5.55. The van der Waals surface area contributed by atoms with E-state index >= 15 is 0 Å². The largest absolute Gasteiger partial charge is 0.396 e. The van der Waals surface area contributed by atoms with Crippen LogP contribution in [0.2, 0.25) is 0 Å². The van der Waals surface area contributed by atoms with Crippen LogP contribution in [-0.4, -0.2) is 45.8 Å². The van der Waals surface area contributed by atoms with Gasteiger partial charge in [0.15, 0.2) is 0 Å². The number of anilines is 1. The summed E-state index contributed by atoms with van der Waals surface area (Å²) in [6, 6.07) is 9.36. The van der Waals surface area contributed by atoms with Gasteiger partial charge in [0.2, 0.25) is 11.7 Å². The summed E-state index contributed by atoms with van der Waals surface area (Å²) in [5, 5.41) is 20.5. The number of piperidine rings is 1. The number of carbonyl (C=O) groups is 1. The van der Waals surface area contributed by atoms with Crippen LogP contribution in [0.1, 0.15) is 29.1 Å². The summed E-state index contributed by atoms with van der Waals surface area (Å²) in [5.74, 6) is 1.23. The third kappa shape index (κ3) is 4.23. The Labute approximate surface area is 167 Å². The fourth-order valence-electron chi connectivity index (χ4n) is 3.36. The maximum atomic E-state index is 12.8. The lowest BCUT2D eigenvalue weighted by Gasteiger charge is -2.32. The highest BCUT2D eigenvalue weighted by molar-refractivity contribution is 7.08. The minimum atomic E-state index is -0.000616. The first-order chi connectivity index (χ1) is 13.7. The maximum Gasteiger partial charge on any atom is 0.253 e. The third-order valence-electron chi connectivity index (χ3n) is 4.87. The highest BCUT2D eigenvalue weighted by atomic mass is 32.1. The molecule has 3 aromatic rings. The number of rotatable bonds is 6. The molecule has 0 spiro atoms. The molecule has 28 heavy (non-hydrogen) atoms. The van der Waals surface area contributed by atoms with Crippen LogP contribution in [0.15, 0.2) is 45.6 Å². The second kappa shape index (κ2) is 8.53. The Balaban J connectivity index is 1.39. The number of carbonyl (C=O) groups excluding carboxylic acids is 1. The summed E-state index contributed by atoms with van der Waals surface area (Å²) in [5.41, 5.74) is 2.39. The number of hydrogen-bond donors (Lipinski definition) is 2. The van der Waals surface area contributed by atoms with Crippen LogP contribution >= 0.6 is 11.3 Å². The van der Waals surface area contributed by atoms with E-state index in [9.17, 15) is 9.90 Å². The summed E-state index contributed by atoms with van der Waals surface area (Å²) in [7, 11) is 0. The van der Waals surface area contributed by atoms with E-state index in [0.717, 1.165) is 30.6 Å². The molecule has 3 heterocycles. The molecule has 0 radical (unpaired) electrons. The van der Waals surface area contributed by atoms with Crippen molar-refractivity contribution in [2.24, 2.45) is 5.92 Å². The lowest BCUT2D eigenvalue weighted by atomic mass is 9.98. The molecule has 1 amide bonds. The molecule has 2 N–H and O–H groups in total. The molecule has 146 valence electrons. The SMILES string of the molecule is O=C(c1cccc(NCc2nc(-c3ccsc3)no2)c1)N1CCCC(CO)C1. The van der Waals surface area contributed by atoms with Crippen molar-refractivity contribution in [1.29, 1.82) is 0 Å². The Kier molecular flexibility index (Phi) is 5.68. The van der Waals surface area contributed by atoms with Crippen molar-refractivity contribution in [3.63, 3.8) is 0 Å². The monoisotopic (exact) mass is 398 g/mol. The molecule has 0 bridgehead atoms. The first-order valence-corrected chi connectivity index (χ1v) is 10.3. The second-order valence-corrected chi connectivity index (χ2v) is 7.68. The van der Waals surface area contributed by atoms with Crippen LogP contribution in [0.3, 0.4) is 0 Å². The quantitative estimate of drug-likeness (QED) is 0.662. The molecule has 0 aliphatic carbocycles. The zero-order valence-corrected chi connectivity index (χ0v) is 16.2. The van der Waals surface area contributed by atoms with E-state index in [1.165, 1.54) is 0 Å². The van der Waals surface area contributed by atoms with Gasteiger partial charge in [0, 0.05) is 41.9 Å². The fraction of sp³-hybridized carbons (Fsp3) is 0.350. The van der Waals surface area contributed by atoms with Crippen molar-refractivity contribution < 1.29 is 14.4 Å². The fourth-order valence-corrected chi connectivity index (χ4v) is 3.99. The topological polar surface area (TPSA) is 91.5 Å². The minimum absolute atomic E-state index is 0.000616. The van der Waals surface area contributed by atoms with Gasteiger partial charge in [-0.2, -0.15) is 16.3 Å². The van der Waals surface area contributed by atoms with Gasteiger partial charge in [-0.3, -0.25) is 4.79 Å². The van der Waals surface area contributed by atoms with Crippen LogP contribution in [0.4, 0.5) is 5.69 Å². The average Bonchev–Trinajstić information content (AvgIpc) is 3.44. The van der Waals surface area contributed by atoms with Crippen molar-refractivity contribution in [2.75, 3.05) is 25.0 Å². The highest BCUT2D eigenvalue weighted by Crippen LogP contribution is 2.21. The Morgan fingerprint density at radius 3 is 3.14 bits per heavy atom. The van der Waals surface area contributed by atoms with Gasteiger partial charge < -0.3 is 19.8 Å². The Morgan fingerprint density at radius 1 is 1.39 bits per heavy atom. The number of aliphatic hydroxyl groups excluding tert-OH is 1. The molecule has 1 aliphatic rings. The van der Waals surface area contributed by atoms with Gasteiger partial charge in [-0.25, -0.2) is 0 Å². The highest BCUT2D eigenvalue weighted by Gasteiger charge is 2.24. The normalized spacial score (nSPS) is 16.9. The smallest absolute Gasteiger partial charge is 0.253 e. The first-order valence-electron chi connectivity index (χ1n) is 9.32. The van der Waals surface area contributed by atoms with E-state index in [-0.39, 0.29) is 18.4 Å². The van der Waals surface area contributed by atoms with Crippen molar-refractivity contribution in [3.05, 3.63) is 52.5 Å². The zero-order chi connectivity index (χ0) is 19.3. The summed E-state index contributed by atoms with van der Waals surface area (Å²) < 4.78 is 5.29. The van der Waals surface area contributed by atoms with Crippen LogP contribution in [0.5, 0.6) is 0 Å². The van der Waals surface area contributed by atoms with Crippen molar-refractivity contribution >= 4 is 22.9 Å². The molecule has 1 saturated heterocycles. The second-order valence-electron chi connectivity index (χ2n) is 6.90. The standard InChI is InChI=1S/C20H22N4O3S/c25-12-14-3-2-7-24(11-14)20(26)15-4-1-5-17(9-15)21-10-18-22-19(23-27-18)16-6-8-28-13-16/h1,4-6,8-9,13-14,21,25H,2-3,7,10-12H2. The van der Waals surface area contributed by atoms with E-state index in [0.29, 0.717) is 30.4 Å². The van der Waals surface area contributed by atoms with Gasteiger partial charge >= 0.3 is 0 Å². The summed E-state index contributed by atoms with van der Waals surface area (Å²) in [6.45, 7) is 1.86. The van der Waals surface area contributed by atoms with E-state index in [4.69, 9.17) is 4.52 Å². The Bertz CT molecular complexity index is 925. The predicted molar refractivity (Wildman–Crippen MR) is 107 cm³/mol. The number of hydrogen-bond acceptors (Lipinski definition) is 7. The molecule has 1 unspecified atom stereocenters. The summed E-state index contributed by atoms with van der Waals surface area (Å²) >= 11 is 1.58. The number of likely N-dealkylation sites (tertiary alicyclic amines) is 1. The van der Waals surface area contributed by atoms with Gasteiger partial charge in [-0.05, 0) is 48.4 Å². The lowest BCUT2D eigenvalue weighted by molar-refractivity contribution is 0.0621. The molecule has 1 aliphatic heterocycles. The zero-order valence-electron chi connectivity index (χ0n) is 15.4. The van der Waals surface area contributed by atoms with Gasteiger partial charge in [-0.15, -0.1) is 0 Å². The molecular formula is C20H22N4O3S. The van der Waals surface area contributed by atoms with Gasteiger partial charge in [0.05, 0.1) is 6.54 Å². The van der Waals surface area contributed by atoms with Crippen molar-refractivity contribution in [1.82, 2.24) is 15.0 Å². The van der Waals surface area contributed by atoms with Crippen LogP contribution in [0, 0.1) is 5.92 Å². The molecule has 2 aromatic heterocycles. The molecule has 4 rings (SSSR count). The first kappa shape index (κ1) is 18.6. The lowest BCUT2D eigenvalue weighted by Crippen LogP contribution is -2.40. The average molecular weight is 398 g/mol. The minimum Gasteiger partial charge on any atom is -0.396 e. The summed E-state index contributed by atoms with van der Waals surface area (Å²) in [4.78, 5) is 19.0. The Morgan fingerprint density at radius 2 is 2.32 bits per heavy atom. The van der Waals surface area contributed by atoms with Gasteiger partial charge in [-0.1, -0.05) is 11.2 Å². The summed E-state index contributed by atoms with van der Waals surface area (Å²) in [6.07, 6.45) is 1.90. The van der Waals surface area contributed by atoms with E-state index < -0.39 is 0 Å². The number of nitrogens with zero attached hydrogens (tertiary/aromatic N) is 3. The number of thiophene rings is 1. The Hall–Kier alpha value is -2.71. The molecule has 1 atom stereocenters. The van der Waals surface area contributed by atoms with E-state index in [1.807, 2.05) is 46.0 Å². The van der Waals surface area contributed by atoms with Crippen LogP contribution in [0.25, 0.3) is 11.4 Å². The number of aliphatic hydroxyl groups is 1. The molecule has 0 saturated carbocycles. The number of amides is 1. The molecule has 8 heteroatoms. The molecular weight excluding hydrogens is 376 g/mol. The van der Waals surface area contributed by atoms with Gasteiger partial charge in [0.25, 0.3) is 5.91 Å². The van der Waals surface area contributed by atoms with E-state index in [1.54, 1.807) is 11.3 Å². The maximum absolute atomic E-state index is 12.8. The van der Waals surface area contributed by atoms with Crippen molar-refractivity contribution in [2.45, 2.75) is 19.4 Å². The van der Waals surface area contributed by atoms with Gasteiger partial charge in [0.1, 0.15) is 0 Å². The number of nitrogens with one attached hydrogen (secondary N) is 1. The predicted octanol–water partition coefficient (Wildman–Crippen LogP) is 3.25. The number of aromatic nitrogens is 2. The van der Waals surface area contributed by atoms with Crippen molar-refractivity contribution in [3.8, 4) is 11.4 Å². The number of benzene rings is 1. The molecule has 7 nitrogen and oxygen atoms in total. The van der Waals surface area contributed by atoms with Crippen LogP contribution in [-0.2, 0) is 6.54 Å². The molecule has 1 aromatic carbocycles. The molecule has 1 fully saturated rings. The van der Waals surface area contributed by atoms with Crippen LogP contribution < -0.4 is 5.32 Å².